The van der Waals surface area contributed by atoms with Crippen LogP contribution in [0.1, 0.15) is 0 Å². The normalized spacial score (nSPS) is 18.3. The average Bonchev–Trinajstić information content (AvgIpc) is 2.53. The molecule has 0 saturated heterocycles. The summed E-state index contributed by atoms with van der Waals surface area (Å²) in [6, 6.07) is 0. The maximum atomic E-state index is 11.3. The Morgan fingerprint density at radius 1 is 0.609 bits per heavy atom. The number of hydrogen-bond donors (Lipinski definition) is 4. The van der Waals surface area contributed by atoms with Gasteiger partial charge in [-0.2, -0.15) is 42.3 Å². The van der Waals surface area contributed by atoms with E-state index in [-0.39, 0.29) is 71.5 Å². The van der Waals surface area contributed by atoms with E-state index in [1.54, 1.807) is 0 Å². The van der Waals surface area contributed by atoms with Crippen LogP contribution in [0.15, 0.2) is 12.4 Å². The molecule has 1 aliphatic heterocycles. The summed E-state index contributed by atoms with van der Waals surface area (Å²) in [5.74, 6) is 0. The number of hydrogen-bond acceptors (Lipinski definition) is 8. The van der Waals surface area contributed by atoms with Gasteiger partial charge in [0.15, 0.2) is 0 Å². The van der Waals surface area contributed by atoms with Gasteiger partial charge in [0.1, 0.15) is 0 Å². The maximum absolute atomic E-state index is 11.3. The van der Waals surface area contributed by atoms with Crippen molar-refractivity contribution in [3.63, 3.8) is 0 Å². The van der Waals surface area contributed by atoms with Crippen LogP contribution in [0.25, 0.3) is 0 Å². The van der Waals surface area contributed by atoms with Crippen LogP contribution in [-0.4, -0.2) is 124 Å². The summed E-state index contributed by atoms with van der Waals surface area (Å²) in [6.45, 7) is 0. The van der Waals surface area contributed by atoms with E-state index < -0.39 is 53.8 Å². The smallest absolute Gasteiger partial charge is 0.281 e. The summed E-state index contributed by atoms with van der Waals surface area (Å²) in [5.41, 5.74) is 0. The first kappa shape index (κ1) is 26.2. The fourth-order valence-corrected chi connectivity index (χ4v) is 7.15. The van der Waals surface area contributed by atoms with E-state index in [1.807, 2.05) is 0 Å². The van der Waals surface area contributed by atoms with Crippen molar-refractivity contribution >= 4 is 100.0 Å². The van der Waals surface area contributed by atoms with E-state index in [9.17, 15) is 33.7 Å². The third kappa shape index (κ3) is 4.39. The van der Waals surface area contributed by atoms with Crippen molar-refractivity contribution < 1.29 is 51.9 Å². The molecule has 1 aliphatic rings. The second-order valence-electron chi connectivity index (χ2n) is 3.34. The fourth-order valence-electron chi connectivity index (χ4n) is 1.44. The van der Waals surface area contributed by atoms with Crippen LogP contribution in [-0.2, 0) is 40.8 Å². The zero-order chi connectivity index (χ0) is 17.1. The van der Waals surface area contributed by atoms with Crippen LogP contribution in [0.2, 0.25) is 0 Å². The number of nitrogens with zero attached hydrogens (tertiary/aromatic N) is 2. The minimum atomic E-state index is -6.31. The molecule has 1 rings (SSSR count). The van der Waals surface area contributed by atoms with Gasteiger partial charge < -0.3 is 0 Å². The zero-order valence-electron chi connectivity index (χ0n) is 11.2. The van der Waals surface area contributed by atoms with Crippen molar-refractivity contribution in [2.75, 3.05) is 0 Å². The Hall–Kier alpha value is 0.980. The summed E-state index contributed by atoms with van der Waals surface area (Å²) in [5, 5.41) is 0. The van der Waals surface area contributed by atoms with Crippen LogP contribution in [0, 0.1) is 0 Å². The second-order valence-corrected chi connectivity index (χ2v) is 9.22. The summed E-state index contributed by atoms with van der Waals surface area (Å²) in [6.07, 6.45) is -0.296. The van der Waals surface area contributed by atoms with Gasteiger partial charge >= 0.3 is 45.2 Å². The molecule has 1 heterocycles. The molecule has 14 nitrogen and oxygen atoms in total. The van der Waals surface area contributed by atoms with Crippen LogP contribution in [0.3, 0.4) is 0 Å². The molecule has 0 aliphatic carbocycles. The van der Waals surface area contributed by atoms with Gasteiger partial charge in [-0.05, 0) is 0 Å². The van der Waals surface area contributed by atoms with Crippen molar-refractivity contribution in [2.45, 2.75) is 4.33 Å². The Balaban J connectivity index is 0. The fraction of sp³-hybridized carbons (Fsp3) is 0.333. The second kappa shape index (κ2) is 7.31. The molecule has 0 amide bonds. The Kier molecular flexibility index (Phi) is 8.33. The van der Waals surface area contributed by atoms with Crippen LogP contribution in [0.4, 0.5) is 0 Å². The van der Waals surface area contributed by atoms with Gasteiger partial charge in [0.05, 0.1) is 0 Å². The van der Waals surface area contributed by atoms with E-state index >= 15 is 0 Å². The van der Waals surface area contributed by atoms with E-state index in [0.29, 0.717) is 0 Å². The summed E-state index contributed by atoms with van der Waals surface area (Å²) < 4.78 is 117. The van der Waals surface area contributed by atoms with Gasteiger partial charge in [-0.15, -0.1) is 0 Å². The van der Waals surface area contributed by atoms with Crippen LogP contribution >= 0.6 is 0 Å². The van der Waals surface area contributed by atoms with Gasteiger partial charge in [-0.3, -0.25) is 18.2 Å². The molecular formula is C3H6N2Na2O12S4. The monoisotopic (exact) mass is 436 g/mol. The molecule has 0 bridgehead atoms. The van der Waals surface area contributed by atoms with E-state index in [4.69, 9.17) is 18.2 Å². The molecule has 0 atom stereocenters. The molecule has 0 aromatic rings. The molecule has 0 aromatic carbocycles. The third-order valence-corrected chi connectivity index (χ3v) is 7.69. The standard InChI is InChI=1S/C3H6N2O12S4.2Na/c6-18(7,8)3(19(9,10)11)4(20(12,13)14)1-2-5(3)21(15,16)17;;/h1-2H,(H,6,7,8)(H,9,10,11)(H,12,13,14)(H,15,16,17);;. The van der Waals surface area contributed by atoms with Gasteiger partial charge in [0, 0.05) is 71.5 Å². The summed E-state index contributed by atoms with van der Waals surface area (Å²) in [4.78, 5) is 0. The molecule has 23 heavy (non-hydrogen) atoms. The summed E-state index contributed by atoms with van der Waals surface area (Å²) in [7, 11) is -24.3. The largest absolute Gasteiger partial charge is 0.400 e. The molecule has 0 aromatic heterocycles. The minimum Gasteiger partial charge on any atom is -0.281 e. The zero-order valence-corrected chi connectivity index (χ0v) is 18.5. The first-order valence-electron chi connectivity index (χ1n) is 4.13. The van der Waals surface area contributed by atoms with Crippen molar-refractivity contribution in [3.8, 4) is 0 Å². The SMILES string of the molecule is O=S(=O)(O)N1C=CN(S(=O)(=O)O)C1(S(=O)(=O)O)S(=O)(=O)O.[Na].[Na]. The van der Waals surface area contributed by atoms with Crippen molar-refractivity contribution in [2.24, 2.45) is 0 Å². The molecule has 0 saturated carbocycles. The molecule has 0 spiro atoms. The Bertz CT molecular complexity index is 823. The van der Waals surface area contributed by atoms with E-state index in [2.05, 4.69) is 0 Å². The predicted molar refractivity (Wildman–Crippen MR) is 73.3 cm³/mol. The van der Waals surface area contributed by atoms with E-state index in [1.165, 1.54) is 0 Å². The maximum Gasteiger partial charge on any atom is 0.400 e. The molecule has 126 valence electrons. The average molecular weight is 436 g/mol. The topological polar surface area (TPSA) is 224 Å². The van der Waals surface area contributed by atoms with Crippen molar-refractivity contribution in [1.82, 2.24) is 8.61 Å². The Morgan fingerprint density at radius 3 is 0.957 bits per heavy atom. The van der Waals surface area contributed by atoms with Crippen LogP contribution < -0.4 is 0 Å². The Labute approximate surface area is 175 Å². The van der Waals surface area contributed by atoms with Gasteiger partial charge in [0.2, 0.25) is 0 Å². The molecule has 0 unspecified atom stereocenters. The van der Waals surface area contributed by atoms with Crippen molar-refractivity contribution in [3.05, 3.63) is 12.4 Å². The first-order chi connectivity index (χ1) is 8.97. The molecule has 0 fully saturated rings. The predicted octanol–water partition coefficient (Wildman–Crippen LogP) is -3.69. The minimum absolute atomic E-state index is 0. The molecular weight excluding hydrogens is 430 g/mol. The van der Waals surface area contributed by atoms with E-state index in [0.717, 1.165) is 0 Å². The molecule has 2 radical (unpaired) electrons. The van der Waals surface area contributed by atoms with Crippen LogP contribution in [0.5, 0.6) is 0 Å². The van der Waals surface area contributed by atoms with Gasteiger partial charge in [-0.25, -0.2) is 0 Å². The molecule has 20 heteroatoms. The molecule has 4 N–H and O–H groups in total. The third-order valence-electron chi connectivity index (χ3n) is 2.06. The van der Waals surface area contributed by atoms with Crippen molar-refractivity contribution in [1.29, 1.82) is 0 Å². The van der Waals surface area contributed by atoms with Gasteiger partial charge in [-0.1, -0.05) is 0 Å². The summed E-state index contributed by atoms with van der Waals surface area (Å²) >= 11 is 0. The number of rotatable bonds is 4. The quantitative estimate of drug-likeness (QED) is 0.247. The first-order valence-corrected chi connectivity index (χ1v) is 9.81. The van der Waals surface area contributed by atoms with Gasteiger partial charge in [0.25, 0.3) is 0 Å². The Morgan fingerprint density at radius 2 is 0.826 bits per heavy atom.